The molecule has 0 aliphatic rings. The zero-order valence-electron chi connectivity index (χ0n) is 10.2. The van der Waals surface area contributed by atoms with Gasteiger partial charge < -0.3 is 10.8 Å². The number of carbonyl (C=O) groups is 1. The van der Waals surface area contributed by atoms with Gasteiger partial charge in [-0.1, -0.05) is 12.1 Å². The number of para-hydroxylation sites is 2. The summed E-state index contributed by atoms with van der Waals surface area (Å²) in [6, 6.07) is 6.40. The van der Waals surface area contributed by atoms with Gasteiger partial charge in [-0.25, -0.2) is 8.42 Å². The van der Waals surface area contributed by atoms with Gasteiger partial charge in [0.15, 0.2) is 0 Å². The van der Waals surface area contributed by atoms with Crippen molar-refractivity contribution >= 4 is 27.4 Å². The summed E-state index contributed by atoms with van der Waals surface area (Å²) in [4.78, 5) is 10.4. The fourth-order valence-electron chi connectivity index (χ4n) is 1.50. The number of hydrogen-bond donors (Lipinski definition) is 3. The number of aromatic nitrogens is 2. The third-order valence-corrected chi connectivity index (χ3v) is 3.74. The Morgan fingerprint density at radius 3 is 2.75 bits per heavy atom. The molecule has 0 atom stereocenters. The molecule has 9 heteroatoms. The van der Waals surface area contributed by atoms with Crippen molar-refractivity contribution in [3.8, 4) is 0 Å². The molecule has 0 spiro atoms. The number of nitrogens with zero attached hydrogens (tertiary/aromatic N) is 2. The van der Waals surface area contributed by atoms with Gasteiger partial charge >= 0.3 is 5.97 Å². The first-order valence-electron chi connectivity index (χ1n) is 5.50. The summed E-state index contributed by atoms with van der Waals surface area (Å²) < 4.78 is 27.5. The van der Waals surface area contributed by atoms with E-state index in [9.17, 15) is 13.2 Å². The number of rotatable bonds is 5. The van der Waals surface area contributed by atoms with Crippen LogP contribution in [0, 0.1) is 0 Å². The minimum absolute atomic E-state index is 0.137. The van der Waals surface area contributed by atoms with Crippen LogP contribution < -0.4 is 10.5 Å². The number of carboxylic acid groups (broad SMARTS) is 1. The normalized spacial score (nSPS) is 11.2. The van der Waals surface area contributed by atoms with Crippen molar-refractivity contribution in [2.75, 3.05) is 10.5 Å². The smallest absolute Gasteiger partial charge is 0.325 e. The molecule has 2 rings (SSSR count). The molecule has 0 radical (unpaired) electrons. The van der Waals surface area contributed by atoms with Gasteiger partial charge in [0, 0.05) is 6.20 Å². The lowest BCUT2D eigenvalue weighted by Crippen LogP contribution is -2.14. The lowest BCUT2D eigenvalue weighted by atomic mass is 10.3. The van der Waals surface area contributed by atoms with Crippen molar-refractivity contribution in [3.63, 3.8) is 0 Å². The van der Waals surface area contributed by atoms with E-state index in [1.807, 2.05) is 0 Å². The summed E-state index contributed by atoms with van der Waals surface area (Å²) in [7, 11) is -3.86. The highest BCUT2D eigenvalue weighted by molar-refractivity contribution is 7.92. The quantitative estimate of drug-likeness (QED) is 0.683. The molecule has 1 aromatic carbocycles. The highest BCUT2D eigenvalue weighted by Gasteiger charge is 2.18. The molecule has 0 aliphatic heterocycles. The molecular formula is C11H12N4O4S. The molecule has 0 amide bonds. The van der Waals surface area contributed by atoms with Crippen LogP contribution in [0.4, 0.5) is 11.4 Å². The molecule has 0 bridgehead atoms. The number of carboxylic acids is 1. The third-order valence-electron chi connectivity index (χ3n) is 2.42. The summed E-state index contributed by atoms with van der Waals surface area (Å²) in [5.74, 6) is -1.11. The minimum Gasteiger partial charge on any atom is -0.480 e. The Labute approximate surface area is 114 Å². The van der Waals surface area contributed by atoms with E-state index in [0.717, 1.165) is 17.1 Å². The molecule has 1 heterocycles. The average molecular weight is 296 g/mol. The average Bonchev–Trinajstić information content (AvgIpc) is 2.80. The molecular weight excluding hydrogens is 284 g/mol. The maximum atomic E-state index is 12.1. The van der Waals surface area contributed by atoms with Gasteiger partial charge in [0.25, 0.3) is 10.0 Å². The van der Waals surface area contributed by atoms with Crippen molar-refractivity contribution in [1.82, 2.24) is 9.78 Å². The fraction of sp³-hybridized carbons (Fsp3) is 0.0909. The van der Waals surface area contributed by atoms with Crippen molar-refractivity contribution in [3.05, 3.63) is 36.7 Å². The molecule has 0 unspecified atom stereocenters. The van der Waals surface area contributed by atoms with Gasteiger partial charge in [0.2, 0.25) is 0 Å². The highest BCUT2D eigenvalue weighted by Crippen LogP contribution is 2.21. The zero-order chi connectivity index (χ0) is 14.8. The zero-order valence-corrected chi connectivity index (χ0v) is 11.0. The topological polar surface area (TPSA) is 127 Å². The fourth-order valence-corrected chi connectivity index (χ4v) is 2.54. The van der Waals surface area contributed by atoms with Gasteiger partial charge in [0.05, 0.1) is 17.6 Å². The number of anilines is 2. The largest absolute Gasteiger partial charge is 0.480 e. The van der Waals surface area contributed by atoms with Crippen LogP contribution >= 0.6 is 0 Å². The molecule has 0 saturated heterocycles. The number of nitrogens with two attached hydrogens (primary N) is 1. The van der Waals surface area contributed by atoms with Crippen molar-refractivity contribution in [2.24, 2.45) is 0 Å². The Morgan fingerprint density at radius 1 is 1.40 bits per heavy atom. The van der Waals surface area contributed by atoms with Crippen LogP contribution in [0.15, 0.2) is 41.6 Å². The van der Waals surface area contributed by atoms with Crippen LogP contribution in [0.1, 0.15) is 0 Å². The van der Waals surface area contributed by atoms with Crippen molar-refractivity contribution in [1.29, 1.82) is 0 Å². The standard InChI is InChI=1S/C11H12N4O4S/c12-9-3-1-2-4-10(9)14-20(18,19)8-5-13-15(6-8)7-11(16)17/h1-6,14H,7,12H2,(H,16,17). The maximum Gasteiger partial charge on any atom is 0.325 e. The van der Waals surface area contributed by atoms with E-state index < -0.39 is 22.5 Å². The summed E-state index contributed by atoms with van der Waals surface area (Å²) >= 11 is 0. The maximum absolute atomic E-state index is 12.1. The molecule has 106 valence electrons. The van der Waals surface area contributed by atoms with Gasteiger partial charge in [-0.2, -0.15) is 5.10 Å². The molecule has 0 aliphatic carbocycles. The van der Waals surface area contributed by atoms with Gasteiger partial charge in [0.1, 0.15) is 11.4 Å². The summed E-state index contributed by atoms with van der Waals surface area (Å²) in [6.07, 6.45) is 2.21. The van der Waals surface area contributed by atoms with Gasteiger partial charge in [-0.05, 0) is 12.1 Å². The van der Waals surface area contributed by atoms with Crippen molar-refractivity contribution < 1.29 is 18.3 Å². The molecule has 8 nitrogen and oxygen atoms in total. The first-order valence-corrected chi connectivity index (χ1v) is 6.98. The number of nitrogens with one attached hydrogen (secondary N) is 1. The number of nitrogen functional groups attached to an aromatic ring is 1. The Kier molecular flexibility index (Phi) is 3.61. The van der Waals surface area contributed by atoms with E-state index >= 15 is 0 Å². The van der Waals surface area contributed by atoms with Crippen molar-refractivity contribution in [2.45, 2.75) is 11.4 Å². The van der Waals surface area contributed by atoms with Crippen LogP contribution in [0.3, 0.4) is 0 Å². The molecule has 1 aromatic heterocycles. The summed E-state index contributed by atoms with van der Waals surface area (Å²) in [5, 5.41) is 12.3. The van der Waals surface area contributed by atoms with E-state index in [-0.39, 0.29) is 16.3 Å². The van der Waals surface area contributed by atoms with E-state index in [4.69, 9.17) is 10.8 Å². The number of hydrogen-bond acceptors (Lipinski definition) is 5. The van der Waals surface area contributed by atoms with E-state index in [2.05, 4.69) is 9.82 Å². The Hall–Kier alpha value is -2.55. The van der Waals surface area contributed by atoms with E-state index in [1.54, 1.807) is 18.2 Å². The van der Waals surface area contributed by atoms with Gasteiger partial charge in [-0.3, -0.25) is 14.2 Å². The predicted octanol–water partition coefficient (Wildman–Crippen LogP) is 0.351. The SMILES string of the molecule is Nc1ccccc1NS(=O)(=O)c1cnn(CC(=O)O)c1. The van der Waals surface area contributed by atoms with Crippen LogP contribution in [0.2, 0.25) is 0 Å². The van der Waals surface area contributed by atoms with Crippen LogP contribution in [-0.2, 0) is 21.4 Å². The van der Waals surface area contributed by atoms with E-state index in [0.29, 0.717) is 0 Å². The predicted molar refractivity (Wildman–Crippen MR) is 71.5 cm³/mol. The lowest BCUT2D eigenvalue weighted by molar-refractivity contribution is -0.137. The Morgan fingerprint density at radius 2 is 2.10 bits per heavy atom. The monoisotopic (exact) mass is 296 g/mol. The van der Waals surface area contributed by atoms with Crippen LogP contribution in [0.25, 0.3) is 0 Å². The highest BCUT2D eigenvalue weighted by atomic mass is 32.2. The number of benzene rings is 1. The summed E-state index contributed by atoms with van der Waals surface area (Å²) in [5.41, 5.74) is 6.19. The Balaban J connectivity index is 2.25. The molecule has 20 heavy (non-hydrogen) atoms. The molecule has 2 aromatic rings. The Bertz CT molecular complexity index is 738. The minimum atomic E-state index is -3.86. The second-order valence-corrected chi connectivity index (χ2v) is 5.64. The molecule has 4 N–H and O–H groups in total. The first-order chi connectivity index (χ1) is 9.38. The lowest BCUT2D eigenvalue weighted by Gasteiger charge is -2.08. The van der Waals surface area contributed by atoms with E-state index in [1.165, 1.54) is 6.07 Å². The first kappa shape index (κ1) is 13.9. The second-order valence-electron chi connectivity index (χ2n) is 3.96. The number of aliphatic carboxylic acids is 1. The van der Waals surface area contributed by atoms with Crippen LogP contribution in [0.5, 0.6) is 0 Å². The molecule has 0 saturated carbocycles. The van der Waals surface area contributed by atoms with Gasteiger partial charge in [-0.15, -0.1) is 0 Å². The summed E-state index contributed by atoms with van der Waals surface area (Å²) in [6.45, 7) is -0.414. The number of sulfonamides is 1. The van der Waals surface area contributed by atoms with Crippen LogP contribution in [-0.4, -0.2) is 29.3 Å². The second kappa shape index (κ2) is 5.21. The third kappa shape index (κ3) is 3.06. The molecule has 0 fully saturated rings.